The van der Waals surface area contributed by atoms with Crippen LogP contribution in [0.4, 0.5) is 11.5 Å². The van der Waals surface area contributed by atoms with Crippen LogP contribution in [-0.2, 0) is 14.3 Å². The first kappa shape index (κ1) is 23.2. The van der Waals surface area contributed by atoms with Crippen molar-refractivity contribution in [1.82, 2.24) is 19.9 Å². The summed E-state index contributed by atoms with van der Waals surface area (Å²) in [5.41, 5.74) is 1.64. The predicted molar refractivity (Wildman–Crippen MR) is 135 cm³/mol. The number of hydrogen-bond donors (Lipinski definition) is 3. The van der Waals surface area contributed by atoms with Gasteiger partial charge in [0.2, 0.25) is 11.8 Å². The fraction of sp³-hybridized carbons (Fsp3) is 0.280. The summed E-state index contributed by atoms with van der Waals surface area (Å²) in [5.74, 6) is -0.0837. The van der Waals surface area contributed by atoms with Gasteiger partial charge in [0.25, 0.3) is 0 Å². The Morgan fingerprint density at radius 1 is 1.20 bits per heavy atom. The third-order valence-electron chi connectivity index (χ3n) is 5.97. The minimum Gasteiger partial charge on any atom is -0.372 e. The molecule has 5 rings (SSSR count). The molecule has 3 N–H and O–H groups in total. The van der Waals surface area contributed by atoms with Crippen LogP contribution in [0.15, 0.2) is 55.0 Å². The summed E-state index contributed by atoms with van der Waals surface area (Å²) in [5, 5.41) is 8.12. The van der Waals surface area contributed by atoms with Crippen molar-refractivity contribution >= 4 is 56.7 Å². The van der Waals surface area contributed by atoms with Crippen LogP contribution in [0.25, 0.3) is 21.8 Å². The molecule has 0 bridgehead atoms. The molecule has 1 fully saturated rings. The van der Waals surface area contributed by atoms with E-state index in [4.69, 9.17) is 16.3 Å². The molecule has 0 spiro atoms. The van der Waals surface area contributed by atoms with Crippen molar-refractivity contribution in [3.05, 3.63) is 60.0 Å². The molecule has 9 nitrogen and oxygen atoms in total. The minimum absolute atomic E-state index is 0.0183. The number of nitrogens with one attached hydrogen (secondary N) is 3. The number of nitrogens with zero attached hydrogens (tertiary/aromatic N) is 3. The molecule has 4 heterocycles. The molecule has 0 saturated carbocycles. The number of aromatic amines is 1. The maximum absolute atomic E-state index is 13.5. The topological polar surface area (TPSA) is 112 Å². The molecule has 1 aliphatic heterocycles. The maximum atomic E-state index is 13.5. The third kappa shape index (κ3) is 4.97. The van der Waals surface area contributed by atoms with Crippen molar-refractivity contribution in [2.45, 2.75) is 25.5 Å². The van der Waals surface area contributed by atoms with Gasteiger partial charge in [-0.05, 0) is 44.2 Å². The number of carbonyl (C=O) groups is 2. The standard InChI is InChI=1S/C25H25ClN6O3/c1-25(2)14-32(12-22(33)31-21-5-3-4-7-28-21)20(13-35-25)24(34)30-18-10-15(26)9-17-16-6-8-27-11-19(16)29-23(17)18/h3-11,20,29H,12-14H2,1-2H3,(H,30,34)(H,28,31,33). The number of ether oxygens (including phenoxy) is 1. The fourth-order valence-electron chi connectivity index (χ4n) is 4.40. The van der Waals surface area contributed by atoms with Crippen LogP contribution < -0.4 is 10.6 Å². The minimum atomic E-state index is -0.669. The quantitative estimate of drug-likeness (QED) is 0.390. The number of anilines is 2. The Balaban J connectivity index is 1.39. The lowest BCUT2D eigenvalue weighted by molar-refractivity contribution is -0.145. The molecule has 0 aliphatic carbocycles. The molecular weight excluding hydrogens is 468 g/mol. The van der Waals surface area contributed by atoms with Gasteiger partial charge in [-0.1, -0.05) is 17.7 Å². The smallest absolute Gasteiger partial charge is 0.244 e. The average molecular weight is 493 g/mol. The molecule has 1 saturated heterocycles. The fourth-order valence-corrected chi connectivity index (χ4v) is 4.62. The number of benzene rings is 1. The molecule has 0 radical (unpaired) electrons. The molecule has 35 heavy (non-hydrogen) atoms. The molecular formula is C25H25ClN6O3. The molecule has 180 valence electrons. The number of aromatic nitrogens is 3. The van der Waals surface area contributed by atoms with Gasteiger partial charge in [-0.25, -0.2) is 4.98 Å². The molecule has 1 unspecified atom stereocenters. The molecule has 1 aromatic carbocycles. The first-order valence-corrected chi connectivity index (χ1v) is 11.6. The van der Waals surface area contributed by atoms with Gasteiger partial charge in [-0.15, -0.1) is 0 Å². The lowest BCUT2D eigenvalue weighted by Crippen LogP contribution is -2.59. The number of fused-ring (bicyclic) bond motifs is 3. The number of halogens is 1. The SMILES string of the molecule is CC1(C)CN(CC(=O)Nc2ccccn2)C(C(=O)Nc2cc(Cl)cc3c2[nH]c2cnccc23)CO1. The first-order chi connectivity index (χ1) is 16.8. The Morgan fingerprint density at radius 3 is 2.86 bits per heavy atom. The third-order valence-corrected chi connectivity index (χ3v) is 6.19. The summed E-state index contributed by atoms with van der Waals surface area (Å²) in [7, 11) is 0. The lowest BCUT2D eigenvalue weighted by atomic mass is 10.0. The normalized spacial score (nSPS) is 18.0. The lowest BCUT2D eigenvalue weighted by Gasteiger charge is -2.42. The summed E-state index contributed by atoms with van der Waals surface area (Å²) in [6.45, 7) is 4.44. The Bertz CT molecular complexity index is 1400. The molecule has 10 heteroatoms. The van der Waals surface area contributed by atoms with Gasteiger partial charge in [-0.2, -0.15) is 0 Å². The van der Waals surface area contributed by atoms with Crippen LogP contribution in [0.5, 0.6) is 0 Å². The van der Waals surface area contributed by atoms with E-state index in [1.165, 1.54) is 0 Å². The van der Waals surface area contributed by atoms with Gasteiger partial charge in [0, 0.05) is 34.7 Å². The van der Waals surface area contributed by atoms with E-state index in [9.17, 15) is 9.59 Å². The van der Waals surface area contributed by atoms with Gasteiger partial charge in [0.05, 0.1) is 41.7 Å². The molecule has 1 atom stereocenters. The number of rotatable bonds is 5. The summed E-state index contributed by atoms with van der Waals surface area (Å²) in [6, 6.07) is 10.1. The molecule has 3 aromatic heterocycles. The van der Waals surface area contributed by atoms with Crippen LogP contribution in [0, 0.1) is 0 Å². The van der Waals surface area contributed by atoms with E-state index in [1.54, 1.807) is 42.9 Å². The van der Waals surface area contributed by atoms with E-state index in [0.717, 1.165) is 21.8 Å². The zero-order valence-electron chi connectivity index (χ0n) is 19.3. The Labute approximate surface area is 206 Å². The summed E-state index contributed by atoms with van der Waals surface area (Å²) < 4.78 is 5.94. The van der Waals surface area contributed by atoms with Crippen molar-refractivity contribution in [2.24, 2.45) is 0 Å². The highest BCUT2D eigenvalue weighted by atomic mass is 35.5. The van der Waals surface area contributed by atoms with Crippen LogP contribution >= 0.6 is 11.6 Å². The second-order valence-electron chi connectivity index (χ2n) is 9.17. The first-order valence-electron chi connectivity index (χ1n) is 11.2. The van der Waals surface area contributed by atoms with Gasteiger partial charge in [0.15, 0.2) is 0 Å². The van der Waals surface area contributed by atoms with Gasteiger partial charge >= 0.3 is 0 Å². The average Bonchev–Trinajstić information content (AvgIpc) is 3.18. The van der Waals surface area contributed by atoms with Crippen molar-refractivity contribution in [1.29, 1.82) is 0 Å². The van der Waals surface area contributed by atoms with Crippen molar-refractivity contribution in [3.63, 3.8) is 0 Å². The molecule has 2 amide bonds. The van der Waals surface area contributed by atoms with Crippen LogP contribution in [0.2, 0.25) is 5.02 Å². The maximum Gasteiger partial charge on any atom is 0.244 e. The highest BCUT2D eigenvalue weighted by molar-refractivity contribution is 6.33. The summed E-state index contributed by atoms with van der Waals surface area (Å²) in [6.07, 6.45) is 5.05. The highest BCUT2D eigenvalue weighted by Gasteiger charge is 2.38. The number of hydrogen-bond acceptors (Lipinski definition) is 6. The zero-order valence-corrected chi connectivity index (χ0v) is 20.1. The van der Waals surface area contributed by atoms with E-state index < -0.39 is 11.6 Å². The Hall–Kier alpha value is -3.53. The number of pyridine rings is 2. The summed E-state index contributed by atoms with van der Waals surface area (Å²) in [4.78, 5) is 39.6. The van der Waals surface area contributed by atoms with Gasteiger partial charge in [-0.3, -0.25) is 19.5 Å². The summed E-state index contributed by atoms with van der Waals surface area (Å²) >= 11 is 6.39. The monoisotopic (exact) mass is 492 g/mol. The Kier molecular flexibility index (Phi) is 6.14. The number of carbonyl (C=O) groups excluding carboxylic acids is 2. The second-order valence-corrected chi connectivity index (χ2v) is 9.60. The number of morpholine rings is 1. The number of H-pyrrole nitrogens is 1. The van der Waals surface area contributed by atoms with Crippen LogP contribution in [0.3, 0.4) is 0 Å². The van der Waals surface area contributed by atoms with Crippen molar-refractivity contribution in [2.75, 3.05) is 30.3 Å². The molecule has 1 aliphatic rings. The van der Waals surface area contributed by atoms with E-state index in [2.05, 4.69) is 25.6 Å². The van der Waals surface area contributed by atoms with Crippen molar-refractivity contribution in [3.8, 4) is 0 Å². The van der Waals surface area contributed by atoms with Gasteiger partial charge < -0.3 is 20.4 Å². The predicted octanol–water partition coefficient (Wildman–Crippen LogP) is 3.82. The van der Waals surface area contributed by atoms with E-state index in [0.29, 0.717) is 23.1 Å². The molecule has 4 aromatic rings. The highest BCUT2D eigenvalue weighted by Crippen LogP contribution is 2.33. The van der Waals surface area contributed by atoms with Crippen molar-refractivity contribution < 1.29 is 14.3 Å². The van der Waals surface area contributed by atoms with Crippen LogP contribution in [-0.4, -0.2) is 63.0 Å². The second kappa shape index (κ2) is 9.26. The van der Waals surface area contributed by atoms with E-state index in [1.807, 2.05) is 30.9 Å². The van der Waals surface area contributed by atoms with Gasteiger partial charge in [0.1, 0.15) is 11.9 Å². The Morgan fingerprint density at radius 2 is 2.06 bits per heavy atom. The number of amides is 2. The zero-order chi connectivity index (χ0) is 24.6. The largest absolute Gasteiger partial charge is 0.372 e. The van der Waals surface area contributed by atoms with Crippen LogP contribution in [0.1, 0.15) is 13.8 Å². The van der Waals surface area contributed by atoms with E-state index in [-0.39, 0.29) is 25.0 Å². The van der Waals surface area contributed by atoms with E-state index >= 15 is 0 Å².